The van der Waals surface area contributed by atoms with E-state index in [1.807, 2.05) is 0 Å². The monoisotopic (exact) mass is 426 g/mol. The first-order valence-electron chi connectivity index (χ1n) is 9.28. The summed E-state index contributed by atoms with van der Waals surface area (Å²) in [5.74, 6) is -0.287. The Balaban J connectivity index is 1.95. The molecule has 0 atom stereocenters. The maximum Gasteiger partial charge on any atom is 0.338 e. The van der Waals surface area contributed by atoms with Crippen LogP contribution in [-0.4, -0.2) is 11.9 Å². The highest BCUT2D eigenvalue weighted by molar-refractivity contribution is 5.87. The number of hydrogen-bond donors (Lipinski definition) is 0. The van der Waals surface area contributed by atoms with Crippen molar-refractivity contribution < 1.29 is 32.9 Å². The van der Waals surface area contributed by atoms with Crippen LogP contribution in [0.5, 0.6) is 17.2 Å². The summed E-state index contributed by atoms with van der Waals surface area (Å²) in [5, 5.41) is 0. The fourth-order valence-electron chi connectivity index (χ4n) is 2.18. The van der Waals surface area contributed by atoms with Crippen molar-refractivity contribution in [1.82, 2.24) is 0 Å². The zero-order chi connectivity index (χ0) is 23.0. The molecular formula is C24H23FO6. The first-order chi connectivity index (χ1) is 14.7. The van der Waals surface area contributed by atoms with Crippen molar-refractivity contribution in [2.75, 3.05) is 0 Å². The van der Waals surface area contributed by atoms with Crippen LogP contribution in [0, 0.1) is 5.82 Å². The van der Waals surface area contributed by atoms with Crippen molar-refractivity contribution in [2.45, 2.75) is 27.4 Å². The normalized spacial score (nSPS) is 11.1. The largest absolute Gasteiger partial charge is 0.489 e. The highest BCUT2D eigenvalue weighted by Crippen LogP contribution is 2.23. The second-order valence-electron chi connectivity index (χ2n) is 6.53. The third kappa shape index (κ3) is 7.15. The van der Waals surface area contributed by atoms with Crippen LogP contribution in [0.4, 0.5) is 4.39 Å². The second-order valence-corrected chi connectivity index (χ2v) is 6.53. The molecule has 0 aliphatic carbocycles. The lowest BCUT2D eigenvalue weighted by molar-refractivity contribution is -0.135. The summed E-state index contributed by atoms with van der Waals surface area (Å²) in [6.07, 6.45) is 0.956. The molecule has 0 saturated heterocycles. The van der Waals surface area contributed by atoms with Crippen LogP contribution in [0.25, 0.3) is 0 Å². The minimum atomic E-state index is -0.737. The fourth-order valence-corrected chi connectivity index (χ4v) is 2.18. The highest BCUT2D eigenvalue weighted by Gasteiger charge is 2.10. The van der Waals surface area contributed by atoms with E-state index in [-0.39, 0.29) is 12.4 Å². The smallest absolute Gasteiger partial charge is 0.338 e. The molecule has 0 spiro atoms. The average Bonchev–Trinajstić information content (AvgIpc) is 2.74. The summed E-state index contributed by atoms with van der Waals surface area (Å²) in [6, 6.07) is 10.9. The van der Waals surface area contributed by atoms with Gasteiger partial charge in [-0.2, -0.15) is 0 Å². The molecule has 0 unspecified atom stereocenters. The molecule has 162 valence electrons. The SMILES string of the molecule is C=CC(=O)Oc1ccc(COc2ccc(OC(C)=C(C)OC(=O)C(=C)C)cc2)cc1F. The number of ether oxygens (including phenoxy) is 4. The molecule has 0 aliphatic heterocycles. The van der Waals surface area contributed by atoms with Gasteiger partial charge < -0.3 is 18.9 Å². The van der Waals surface area contributed by atoms with Gasteiger partial charge in [0.1, 0.15) is 29.6 Å². The first-order valence-corrected chi connectivity index (χ1v) is 9.28. The number of carbonyl (C=O) groups excluding carboxylic acids is 2. The van der Waals surface area contributed by atoms with Crippen molar-refractivity contribution in [3.8, 4) is 17.2 Å². The summed E-state index contributed by atoms with van der Waals surface area (Å²) in [5.41, 5.74) is 0.853. The Labute approximate surface area is 180 Å². The van der Waals surface area contributed by atoms with Crippen molar-refractivity contribution >= 4 is 11.9 Å². The van der Waals surface area contributed by atoms with Crippen molar-refractivity contribution in [3.63, 3.8) is 0 Å². The quantitative estimate of drug-likeness (QED) is 0.236. The van der Waals surface area contributed by atoms with Gasteiger partial charge in [0.15, 0.2) is 11.6 Å². The van der Waals surface area contributed by atoms with E-state index in [0.29, 0.717) is 34.2 Å². The zero-order valence-electron chi connectivity index (χ0n) is 17.6. The van der Waals surface area contributed by atoms with Gasteiger partial charge in [0.2, 0.25) is 0 Å². The first kappa shape index (κ1) is 23.4. The number of carbonyl (C=O) groups is 2. The van der Waals surface area contributed by atoms with Gasteiger partial charge in [-0.1, -0.05) is 19.2 Å². The van der Waals surface area contributed by atoms with Gasteiger partial charge in [-0.05, 0) is 62.7 Å². The summed E-state index contributed by atoms with van der Waals surface area (Å²) < 4.78 is 35.2. The van der Waals surface area contributed by atoms with E-state index >= 15 is 0 Å². The molecule has 0 fully saturated rings. The van der Waals surface area contributed by atoms with Gasteiger partial charge in [0, 0.05) is 11.6 Å². The van der Waals surface area contributed by atoms with E-state index in [9.17, 15) is 14.0 Å². The highest BCUT2D eigenvalue weighted by atomic mass is 19.1. The molecule has 0 amide bonds. The lowest BCUT2D eigenvalue weighted by Crippen LogP contribution is -2.06. The average molecular weight is 426 g/mol. The van der Waals surface area contributed by atoms with Gasteiger partial charge in [-0.25, -0.2) is 14.0 Å². The Morgan fingerprint density at radius 1 is 0.968 bits per heavy atom. The van der Waals surface area contributed by atoms with Crippen LogP contribution in [0.1, 0.15) is 26.3 Å². The topological polar surface area (TPSA) is 71.1 Å². The lowest BCUT2D eigenvalue weighted by atomic mass is 10.2. The molecule has 0 heterocycles. The van der Waals surface area contributed by atoms with Gasteiger partial charge in [0.05, 0.1) is 0 Å². The molecule has 31 heavy (non-hydrogen) atoms. The molecular weight excluding hydrogens is 403 g/mol. The lowest BCUT2D eigenvalue weighted by Gasteiger charge is -2.11. The third-order valence-corrected chi connectivity index (χ3v) is 3.96. The van der Waals surface area contributed by atoms with Crippen molar-refractivity contribution in [3.05, 3.63) is 90.2 Å². The fraction of sp³-hybridized carbons (Fsp3) is 0.167. The minimum absolute atomic E-state index is 0.113. The van der Waals surface area contributed by atoms with Crippen LogP contribution >= 0.6 is 0 Å². The molecule has 0 radical (unpaired) electrons. The Kier molecular flexibility index (Phi) is 8.14. The molecule has 0 saturated carbocycles. The van der Waals surface area contributed by atoms with E-state index in [0.717, 1.165) is 6.08 Å². The summed E-state index contributed by atoms with van der Waals surface area (Å²) in [7, 11) is 0. The van der Waals surface area contributed by atoms with E-state index in [1.54, 1.807) is 51.1 Å². The van der Waals surface area contributed by atoms with E-state index in [4.69, 9.17) is 18.9 Å². The maximum atomic E-state index is 14.0. The molecule has 2 aromatic carbocycles. The minimum Gasteiger partial charge on any atom is -0.489 e. The molecule has 0 aromatic heterocycles. The summed E-state index contributed by atoms with van der Waals surface area (Å²) >= 11 is 0. The van der Waals surface area contributed by atoms with E-state index in [2.05, 4.69) is 13.2 Å². The Morgan fingerprint density at radius 3 is 2.19 bits per heavy atom. The number of rotatable bonds is 9. The molecule has 2 aromatic rings. The molecule has 0 aliphatic rings. The van der Waals surface area contributed by atoms with E-state index in [1.165, 1.54) is 12.1 Å². The van der Waals surface area contributed by atoms with Crippen molar-refractivity contribution in [1.29, 1.82) is 0 Å². The van der Waals surface area contributed by atoms with E-state index < -0.39 is 17.8 Å². The number of benzene rings is 2. The predicted molar refractivity (Wildman–Crippen MR) is 113 cm³/mol. The van der Waals surface area contributed by atoms with Gasteiger partial charge in [0.25, 0.3) is 0 Å². The van der Waals surface area contributed by atoms with Crippen molar-refractivity contribution in [2.24, 2.45) is 0 Å². The van der Waals surface area contributed by atoms with Gasteiger partial charge in [-0.15, -0.1) is 0 Å². The standard InChI is InChI=1S/C24H23FO6/c1-6-23(26)31-22-12-7-18(13-21(22)25)14-28-19-8-10-20(11-9-19)29-16(4)17(5)30-24(27)15(2)3/h6-13H,1-2,14H2,3-5H3. The second kappa shape index (κ2) is 10.8. The Morgan fingerprint density at radius 2 is 1.61 bits per heavy atom. The third-order valence-electron chi connectivity index (χ3n) is 3.96. The number of hydrogen-bond acceptors (Lipinski definition) is 6. The van der Waals surface area contributed by atoms with Crippen LogP contribution in [0.2, 0.25) is 0 Å². The van der Waals surface area contributed by atoms with Gasteiger partial charge in [-0.3, -0.25) is 0 Å². The molecule has 6 nitrogen and oxygen atoms in total. The molecule has 2 rings (SSSR count). The Hall–Kier alpha value is -3.87. The van der Waals surface area contributed by atoms with Crippen LogP contribution in [0.15, 0.2) is 78.8 Å². The predicted octanol–water partition coefficient (Wildman–Crippen LogP) is 5.25. The van der Waals surface area contributed by atoms with Gasteiger partial charge >= 0.3 is 11.9 Å². The molecule has 7 heteroatoms. The summed E-state index contributed by atoms with van der Waals surface area (Å²) in [4.78, 5) is 22.7. The number of allylic oxidation sites excluding steroid dienone is 2. The van der Waals surface area contributed by atoms with Crippen LogP contribution in [-0.2, 0) is 20.9 Å². The number of esters is 2. The summed E-state index contributed by atoms with van der Waals surface area (Å²) in [6.45, 7) is 11.8. The maximum absolute atomic E-state index is 14.0. The zero-order valence-corrected chi connectivity index (χ0v) is 17.6. The molecule has 0 N–H and O–H groups in total. The number of halogens is 1. The van der Waals surface area contributed by atoms with Crippen LogP contribution < -0.4 is 14.2 Å². The Bertz CT molecular complexity index is 1020. The van der Waals surface area contributed by atoms with Crippen LogP contribution in [0.3, 0.4) is 0 Å². The molecule has 0 bridgehead atoms.